The first-order valence-electron chi connectivity index (χ1n) is 7.35. The predicted molar refractivity (Wildman–Crippen MR) is 92.2 cm³/mol. The molecule has 0 saturated heterocycles. The van der Waals surface area contributed by atoms with Crippen molar-refractivity contribution in [3.63, 3.8) is 0 Å². The third kappa shape index (κ3) is 4.35. The van der Waals surface area contributed by atoms with Crippen LogP contribution in [-0.2, 0) is 6.42 Å². The highest BCUT2D eigenvalue weighted by atomic mass is 35.5. The molecule has 0 aliphatic carbocycles. The van der Waals surface area contributed by atoms with Crippen LogP contribution in [0.15, 0.2) is 47.0 Å². The summed E-state index contributed by atoms with van der Waals surface area (Å²) in [6.07, 6.45) is 0.352. The molecule has 2 aromatic carbocycles. The zero-order valence-electron chi connectivity index (χ0n) is 12.8. The summed E-state index contributed by atoms with van der Waals surface area (Å²) >= 11 is 11.8. The van der Waals surface area contributed by atoms with Crippen LogP contribution in [-0.4, -0.2) is 22.6 Å². The Hall–Kier alpha value is -2.44. The fourth-order valence-corrected chi connectivity index (χ4v) is 2.62. The molecule has 0 saturated carbocycles. The first-order valence-corrected chi connectivity index (χ1v) is 8.10. The molecule has 0 bridgehead atoms. The lowest BCUT2D eigenvalue weighted by Crippen LogP contribution is -2.26. The summed E-state index contributed by atoms with van der Waals surface area (Å²) in [6, 6.07) is 10.4. The van der Waals surface area contributed by atoms with Gasteiger partial charge in [0.25, 0.3) is 5.91 Å². The fraction of sp³-hybridized carbons (Fsp3) is 0.118. The largest absolute Gasteiger partial charge is 0.351 e. The molecule has 1 heterocycles. The molecule has 0 atom stereocenters. The Kier molecular flexibility index (Phi) is 5.31. The van der Waals surface area contributed by atoms with Gasteiger partial charge in [-0.05, 0) is 42.5 Å². The van der Waals surface area contributed by atoms with E-state index in [1.54, 1.807) is 24.3 Å². The molecule has 3 rings (SSSR count). The van der Waals surface area contributed by atoms with Gasteiger partial charge in [-0.25, -0.2) is 4.39 Å². The molecule has 0 unspecified atom stereocenters. The van der Waals surface area contributed by atoms with Crippen molar-refractivity contribution >= 4 is 29.1 Å². The van der Waals surface area contributed by atoms with Crippen LogP contribution < -0.4 is 5.32 Å². The molecule has 3 aromatic rings. The monoisotopic (exact) mass is 379 g/mol. The Morgan fingerprint density at radius 2 is 1.92 bits per heavy atom. The van der Waals surface area contributed by atoms with Crippen LogP contribution in [0.2, 0.25) is 10.0 Å². The number of hydrogen-bond donors (Lipinski definition) is 1. The van der Waals surface area contributed by atoms with E-state index in [0.29, 0.717) is 40.8 Å². The number of benzene rings is 2. The summed E-state index contributed by atoms with van der Waals surface area (Å²) in [5.41, 5.74) is 0.983. The van der Waals surface area contributed by atoms with Gasteiger partial charge < -0.3 is 9.84 Å². The summed E-state index contributed by atoms with van der Waals surface area (Å²) in [6.45, 7) is 0.294. The van der Waals surface area contributed by atoms with E-state index in [1.807, 2.05) is 0 Å². The van der Waals surface area contributed by atoms with Gasteiger partial charge in [0.1, 0.15) is 5.82 Å². The number of carbonyl (C=O) groups is 1. The Balaban J connectivity index is 1.57. The fourth-order valence-electron chi connectivity index (χ4n) is 2.12. The van der Waals surface area contributed by atoms with Gasteiger partial charge in [-0.15, -0.1) is 0 Å². The van der Waals surface area contributed by atoms with Crippen molar-refractivity contribution in [2.75, 3.05) is 6.54 Å². The van der Waals surface area contributed by atoms with Crippen LogP contribution in [0.25, 0.3) is 11.4 Å². The Labute approximate surface area is 152 Å². The lowest BCUT2D eigenvalue weighted by Gasteiger charge is -2.05. The summed E-state index contributed by atoms with van der Waals surface area (Å²) in [5.74, 6) is 0.0693. The molecule has 0 spiro atoms. The highest BCUT2D eigenvalue weighted by molar-refractivity contribution is 6.36. The summed E-state index contributed by atoms with van der Waals surface area (Å²) < 4.78 is 18.0. The van der Waals surface area contributed by atoms with Crippen LogP contribution in [0.5, 0.6) is 0 Å². The number of halogens is 3. The van der Waals surface area contributed by atoms with Gasteiger partial charge >= 0.3 is 0 Å². The predicted octanol–water partition coefficient (Wildman–Crippen LogP) is 4.16. The van der Waals surface area contributed by atoms with Gasteiger partial charge in [-0.3, -0.25) is 4.79 Å². The van der Waals surface area contributed by atoms with E-state index in [2.05, 4.69) is 15.5 Å². The van der Waals surface area contributed by atoms with Crippen LogP contribution in [0, 0.1) is 5.82 Å². The van der Waals surface area contributed by atoms with Crippen molar-refractivity contribution in [3.05, 3.63) is 69.8 Å². The van der Waals surface area contributed by atoms with Gasteiger partial charge in [0.05, 0.1) is 10.6 Å². The van der Waals surface area contributed by atoms with E-state index in [1.165, 1.54) is 18.2 Å². The van der Waals surface area contributed by atoms with Crippen LogP contribution in [0.4, 0.5) is 4.39 Å². The van der Waals surface area contributed by atoms with Crippen molar-refractivity contribution in [3.8, 4) is 11.4 Å². The van der Waals surface area contributed by atoms with Crippen LogP contribution in [0.1, 0.15) is 16.2 Å². The zero-order chi connectivity index (χ0) is 17.8. The number of rotatable bonds is 5. The van der Waals surface area contributed by atoms with Crippen molar-refractivity contribution in [1.29, 1.82) is 0 Å². The van der Waals surface area contributed by atoms with E-state index < -0.39 is 0 Å². The van der Waals surface area contributed by atoms with Gasteiger partial charge in [0, 0.05) is 23.6 Å². The van der Waals surface area contributed by atoms with E-state index in [4.69, 9.17) is 27.7 Å². The lowest BCUT2D eigenvalue weighted by atomic mass is 10.2. The lowest BCUT2D eigenvalue weighted by molar-refractivity contribution is 0.0953. The summed E-state index contributed by atoms with van der Waals surface area (Å²) in [4.78, 5) is 16.3. The smallest absolute Gasteiger partial charge is 0.252 e. The standard InChI is InChI=1S/C17H12Cl2FN3O2/c18-11-3-6-13(14(19)9-11)17(24)21-8-7-15-22-16(23-25-15)10-1-4-12(20)5-2-10/h1-6,9H,7-8H2,(H,21,24). The number of aromatic nitrogens is 2. The number of nitrogens with one attached hydrogen (secondary N) is 1. The minimum absolute atomic E-state index is 0.279. The Morgan fingerprint density at radius 3 is 2.64 bits per heavy atom. The molecule has 0 aliphatic rings. The molecule has 0 radical (unpaired) electrons. The summed E-state index contributed by atoms with van der Waals surface area (Å²) in [5, 5.41) is 7.30. The molecule has 25 heavy (non-hydrogen) atoms. The minimum atomic E-state index is -0.337. The number of hydrogen-bond acceptors (Lipinski definition) is 4. The van der Waals surface area contributed by atoms with Crippen LogP contribution in [0.3, 0.4) is 0 Å². The normalized spacial score (nSPS) is 10.7. The molecule has 8 heteroatoms. The maximum atomic E-state index is 12.9. The topological polar surface area (TPSA) is 68.0 Å². The third-order valence-electron chi connectivity index (χ3n) is 3.37. The second-order valence-corrected chi connectivity index (χ2v) is 5.99. The Bertz CT molecular complexity index is 897. The molecule has 1 aromatic heterocycles. The van der Waals surface area contributed by atoms with E-state index in [0.717, 1.165) is 0 Å². The number of amides is 1. The zero-order valence-corrected chi connectivity index (χ0v) is 14.3. The SMILES string of the molecule is O=C(NCCc1nc(-c2ccc(F)cc2)no1)c1ccc(Cl)cc1Cl. The van der Waals surface area contributed by atoms with Gasteiger partial charge in [-0.2, -0.15) is 4.98 Å². The molecular weight excluding hydrogens is 368 g/mol. The highest BCUT2D eigenvalue weighted by Crippen LogP contribution is 2.21. The number of carbonyl (C=O) groups excluding carboxylic acids is 1. The van der Waals surface area contributed by atoms with E-state index >= 15 is 0 Å². The molecule has 1 N–H and O–H groups in total. The van der Waals surface area contributed by atoms with Crippen molar-refractivity contribution < 1.29 is 13.7 Å². The highest BCUT2D eigenvalue weighted by Gasteiger charge is 2.12. The van der Waals surface area contributed by atoms with Crippen molar-refractivity contribution in [2.24, 2.45) is 0 Å². The van der Waals surface area contributed by atoms with Gasteiger partial charge in [0.2, 0.25) is 11.7 Å². The third-order valence-corrected chi connectivity index (χ3v) is 3.92. The molecule has 0 fully saturated rings. The second kappa shape index (κ2) is 7.63. The summed E-state index contributed by atoms with van der Waals surface area (Å²) in [7, 11) is 0. The molecule has 128 valence electrons. The molecular formula is C17H12Cl2FN3O2. The minimum Gasteiger partial charge on any atom is -0.351 e. The molecule has 1 amide bonds. The van der Waals surface area contributed by atoms with Crippen LogP contribution >= 0.6 is 23.2 Å². The quantitative estimate of drug-likeness (QED) is 0.722. The van der Waals surface area contributed by atoms with Crippen molar-refractivity contribution in [2.45, 2.75) is 6.42 Å². The average molecular weight is 380 g/mol. The van der Waals surface area contributed by atoms with Gasteiger partial charge in [-0.1, -0.05) is 28.4 Å². The van der Waals surface area contributed by atoms with Gasteiger partial charge in [0.15, 0.2) is 0 Å². The maximum absolute atomic E-state index is 12.9. The van der Waals surface area contributed by atoms with E-state index in [9.17, 15) is 9.18 Å². The Morgan fingerprint density at radius 1 is 1.16 bits per heavy atom. The van der Waals surface area contributed by atoms with E-state index in [-0.39, 0.29) is 16.7 Å². The number of nitrogens with zero attached hydrogens (tertiary/aromatic N) is 2. The molecule has 5 nitrogen and oxygen atoms in total. The van der Waals surface area contributed by atoms with Crippen molar-refractivity contribution in [1.82, 2.24) is 15.5 Å². The molecule has 0 aliphatic heterocycles. The first kappa shape index (κ1) is 17.4. The first-order chi connectivity index (χ1) is 12.0. The average Bonchev–Trinajstić information content (AvgIpc) is 3.04. The maximum Gasteiger partial charge on any atom is 0.252 e. The second-order valence-electron chi connectivity index (χ2n) is 5.15.